The number of hydrogen-bond acceptors (Lipinski definition) is 3. The number of aromatic amines is 1. The van der Waals surface area contributed by atoms with E-state index in [0.29, 0.717) is 22.3 Å². The van der Waals surface area contributed by atoms with Gasteiger partial charge >= 0.3 is 0 Å². The minimum absolute atomic E-state index is 0.113. The second kappa shape index (κ2) is 7.34. The van der Waals surface area contributed by atoms with Crippen LogP contribution in [0.15, 0.2) is 71.9 Å². The number of pyridine rings is 1. The summed E-state index contributed by atoms with van der Waals surface area (Å²) in [6.07, 6.45) is 3.41. The summed E-state index contributed by atoms with van der Waals surface area (Å²) in [4.78, 5) is 7.52. The number of nitrogens with one attached hydrogen (secondary N) is 2. The molecule has 0 saturated heterocycles. The van der Waals surface area contributed by atoms with Crippen LogP contribution in [0, 0.1) is 5.82 Å². The molecular weight excluding hydrogens is 401 g/mol. The van der Waals surface area contributed by atoms with E-state index in [9.17, 15) is 8.42 Å². The minimum atomic E-state index is -3.78. The number of H-pyrrole nitrogens is 1. The van der Waals surface area contributed by atoms with Crippen molar-refractivity contribution >= 4 is 21.1 Å². The lowest BCUT2D eigenvalue weighted by molar-refractivity contribution is 0.491. The van der Waals surface area contributed by atoms with Gasteiger partial charge in [0.1, 0.15) is 5.82 Å². The highest BCUT2D eigenvalue weighted by Gasteiger charge is 2.25. The van der Waals surface area contributed by atoms with Crippen molar-refractivity contribution in [2.24, 2.45) is 0 Å². The Labute approximate surface area is 175 Å². The SMILES string of the molecule is CC(C)(C)NS(=O)(=O)c1ccccc1-c1ccc(-c2cnc3cc[nH]c3c2)c(F)c1. The first-order chi connectivity index (χ1) is 14.1. The molecular formula is C23H22FN3O2S. The van der Waals surface area contributed by atoms with Crippen LogP contribution in [0.25, 0.3) is 33.3 Å². The van der Waals surface area contributed by atoms with Crippen molar-refractivity contribution in [3.8, 4) is 22.3 Å². The van der Waals surface area contributed by atoms with Crippen molar-refractivity contribution in [3.63, 3.8) is 0 Å². The fourth-order valence-corrected chi connectivity index (χ4v) is 5.04. The fourth-order valence-electron chi connectivity index (χ4n) is 3.40. The second-order valence-corrected chi connectivity index (χ2v) is 9.83. The van der Waals surface area contributed by atoms with Gasteiger partial charge in [-0.15, -0.1) is 0 Å². The number of nitrogens with zero attached hydrogens (tertiary/aromatic N) is 1. The summed E-state index contributed by atoms with van der Waals surface area (Å²) < 4.78 is 43.5. The molecule has 0 radical (unpaired) electrons. The highest BCUT2D eigenvalue weighted by atomic mass is 32.2. The van der Waals surface area contributed by atoms with Crippen molar-refractivity contribution in [2.75, 3.05) is 0 Å². The number of aromatic nitrogens is 2. The molecule has 2 heterocycles. The van der Waals surface area contributed by atoms with Crippen LogP contribution in [0.2, 0.25) is 0 Å². The molecule has 30 heavy (non-hydrogen) atoms. The van der Waals surface area contributed by atoms with Crippen LogP contribution < -0.4 is 4.72 Å². The smallest absolute Gasteiger partial charge is 0.241 e. The number of rotatable bonds is 4. The summed E-state index contributed by atoms with van der Waals surface area (Å²) in [5.74, 6) is -0.448. The minimum Gasteiger partial charge on any atom is -0.360 e. The Morgan fingerprint density at radius 1 is 0.967 bits per heavy atom. The van der Waals surface area contributed by atoms with Gasteiger partial charge in [-0.05, 0) is 50.6 Å². The van der Waals surface area contributed by atoms with Crippen LogP contribution in [0.1, 0.15) is 20.8 Å². The molecule has 0 aliphatic rings. The third-order valence-electron chi connectivity index (χ3n) is 4.61. The summed E-state index contributed by atoms with van der Waals surface area (Å²) in [5, 5.41) is 0. The lowest BCUT2D eigenvalue weighted by Gasteiger charge is -2.21. The van der Waals surface area contributed by atoms with Gasteiger partial charge in [-0.25, -0.2) is 17.5 Å². The van der Waals surface area contributed by atoms with Gasteiger partial charge in [-0.2, -0.15) is 0 Å². The largest absolute Gasteiger partial charge is 0.360 e. The molecule has 0 bridgehead atoms. The van der Waals surface area contributed by atoms with Crippen molar-refractivity contribution in [1.82, 2.24) is 14.7 Å². The van der Waals surface area contributed by atoms with Crippen LogP contribution in [-0.2, 0) is 10.0 Å². The van der Waals surface area contributed by atoms with Gasteiger partial charge in [0, 0.05) is 34.6 Å². The average molecular weight is 424 g/mol. The Balaban J connectivity index is 1.77. The standard InChI is InChI=1S/C23H22FN3O2S/c1-23(2,3)27-30(28,29)22-7-5-4-6-18(22)15-8-9-17(19(24)12-15)16-13-21-20(26-14-16)10-11-25-21/h4-14,25,27H,1-3H3. The molecule has 0 aliphatic carbocycles. The van der Waals surface area contributed by atoms with Crippen LogP contribution in [-0.4, -0.2) is 23.9 Å². The Kier molecular flexibility index (Phi) is 4.95. The highest BCUT2D eigenvalue weighted by molar-refractivity contribution is 7.89. The quantitative estimate of drug-likeness (QED) is 0.479. The summed E-state index contributed by atoms with van der Waals surface area (Å²) in [6, 6.07) is 15.0. The van der Waals surface area contributed by atoms with Gasteiger partial charge in [-0.3, -0.25) is 4.98 Å². The molecule has 0 aliphatic heterocycles. The molecule has 0 amide bonds. The molecule has 7 heteroatoms. The maximum atomic E-state index is 15.0. The molecule has 2 aromatic heterocycles. The van der Waals surface area contributed by atoms with Crippen molar-refractivity contribution in [2.45, 2.75) is 31.2 Å². The van der Waals surface area contributed by atoms with Gasteiger partial charge in [0.15, 0.2) is 0 Å². The van der Waals surface area contributed by atoms with E-state index in [1.165, 1.54) is 12.1 Å². The topological polar surface area (TPSA) is 74.8 Å². The van der Waals surface area contributed by atoms with E-state index in [1.807, 2.05) is 12.1 Å². The van der Waals surface area contributed by atoms with Crippen molar-refractivity contribution < 1.29 is 12.8 Å². The van der Waals surface area contributed by atoms with E-state index in [2.05, 4.69) is 14.7 Å². The summed E-state index contributed by atoms with van der Waals surface area (Å²) in [6.45, 7) is 5.32. The molecule has 0 saturated carbocycles. The zero-order chi connectivity index (χ0) is 21.5. The van der Waals surface area contributed by atoms with E-state index < -0.39 is 21.4 Å². The number of sulfonamides is 1. The summed E-state index contributed by atoms with van der Waals surface area (Å²) in [7, 11) is -3.78. The molecule has 0 fully saturated rings. The zero-order valence-electron chi connectivity index (χ0n) is 16.9. The molecule has 0 atom stereocenters. The average Bonchev–Trinajstić information content (AvgIpc) is 3.14. The van der Waals surface area contributed by atoms with Gasteiger partial charge in [0.2, 0.25) is 10.0 Å². The second-order valence-electron chi connectivity index (χ2n) is 8.18. The lowest BCUT2D eigenvalue weighted by atomic mass is 10.0. The molecule has 5 nitrogen and oxygen atoms in total. The summed E-state index contributed by atoms with van der Waals surface area (Å²) in [5.41, 5.74) is 2.96. The summed E-state index contributed by atoms with van der Waals surface area (Å²) >= 11 is 0. The predicted molar refractivity (Wildman–Crippen MR) is 117 cm³/mol. The van der Waals surface area contributed by atoms with Gasteiger partial charge in [-0.1, -0.05) is 30.3 Å². The van der Waals surface area contributed by atoms with Gasteiger partial charge < -0.3 is 4.98 Å². The van der Waals surface area contributed by atoms with Crippen LogP contribution in [0.4, 0.5) is 4.39 Å². The zero-order valence-corrected chi connectivity index (χ0v) is 17.7. The molecule has 2 aromatic carbocycles. The van der Waals surface area contributed by atoms with Crippen LogP contribution >= 0.6 is 0 Å². The molecule has 0 unspecified atom stereocenters. The maximum absolute atomic E-state index is 15.0. The van der Waals surface area contributed by atoms with E-state index in [1.54, 1.807) is 63.5 Å². The van der Waals surface area contributed by atoms with E-state index in [-0.39, 0.29) is 4.90 Å². The number of benzene rings is 2. The number of halogens is 1. The lowest BCUT2D eigenvalue weighted by Crippen LogP contribution is -2.40. The molecule has 4 rings (SSSR count). The van der Waals surface area contributed by atoms with E-state index in [0.717, 1.165) is 11.0 Å². The van der Waals surface area contributed by atoms with Crippen LogP contribution in [0.5, 0.6) is 0 Å². The van der Waals surface area contributed by atoms with Gasteiger partial charge in [0.25, 0.3) is 0 Å². The Hall–Kier alpha value is -3.03. The predicted octanol–water partition coefficient (Wildman–Crippen LogP) is 5.11. The first-order valence-corrected chi connectivity index (χ1v) is 11.0. The first-order valence-electron chi connectivity index (χ1n) is 9.50. The van der Waals surface area contributed by atoms with Crippen molar-refractivity contribution in [3.05, 3.63) is 72.8 Å². The molecule has 4 aromatic rings. The number of hydrogen-bond donors (Lipinski definition) is 2. The number of fused-ring (bicyclic) bond motifs is 1. The van der Waals surface area contributed by atoms with E-state index >= 15 is 4.39 Å². The molecule has 0 spiro atoms. The third-order valence-corrected chi connectivity index (χ3v) is 6.42. The van der Waals surface area contributed by atoms with Crippen molar-refractivity contribution in [1.29, 1.82) is 0 Å². The molecule has 154 valence electrons. The Bertz CT molecular complexity index is 1340. The van der Waals surface area contributed by atoms with E-state index in [4.69, 9.17) is 0 Å². The Morgan fingerprint density at radius 2 is 1.73 bits per heavy atom. The van der Waals surface area contributed by atoms with Crippen LogP contribution in [0.3, 0.4) is 0 Å². The maximum Gasteiger partial charge on any atom is 0.241 e. The fraction of sp³-hybridized carbons (Fsp3) is 0.174. The van der Waals surface area contributed by atoms with Gasteiger partial charge in [0.05, 0.1) is 15.9 Å². The normalized spacial score (nSPS) is 12.4. The monoisotopic (exact) mass is 423 g/mol. The Morgan fingerprint density at radius 3 is 2.47 bits per heavy atom. The molecule has 2 N–H and O–H groups in total. The first kappa shape index (κ1) is 20.3. The third kappa shape index (κ3) is 3.99. The highest BCUT2D eigenvalue weighted by Crippen LogP contribution is 2.32.